The molecule has 1 aromatic carbocycles. The highest BCUT2D eigenvalue weighted by atomic mass is 16.2. The average molecular weight is 334 g/mol. The van der Waals surface area contributed by atoms with Crippen molar-refractivity contribution in [2.45, 2.75) is 13.0 Å². The van der Waals surface area contributed by atoms with Gasteiger partial charge in [-0.25, -0.2) is 4.68 Å². The average Bonchev–Trinajstić information content (AvgIpc) is 2.65. The Labute approximate surface area is 145 Å². The zero-order valence-corrected chi connectivity index (χ0v) is 13.6. The molecule has 25 heavy (non-hydrogen) atoms. The van der Waals surface area contributed by atoms with Gasteiger partial charge in [-0.15, -0.1) is 0 Å². The van der Waals surface area contributed by atoms with E-state index in [4.69, 9.17) is 0 Å². The number of rotatable bonds is 6. The molecular weight excluding hydrogens is 316 g/mol. The van der Waals surface area contributed by atoms with Gasteiger partial charge in [-0.1, -0.05) is 30.3 Å². The largest absolute Gasteiger partial charge is 0.354 e. The summed E-state index contributed by atoms with van der Waals surface area (Å²) in [6.07, 6.45) is 4.05. The predicted molar refractivity (Wildman–Crippen MR) is 94.9 cm³/mol. The molecule has 1 amide bonds. The van der Waals surface area contributed by atoms with Crippen molar-refractivity contribution in [3.05, 3.63) is 82.9 Å². The number of carbonyl (C=O) groups excluding carboxylic acids is 1. The molecule has 3 rings (SSSR count). The van der Waals surface area contributed by atoms with Gasteiger partial charge in [0.15, 0.2) is 0 Å². The zero-order valence-electron chi connectivity index (χ0n) is 13.6. The van der Waals surface area contributed by atoms with Gasteiger partial charge in [0, 0.05) is 30.6 Å². The molecule has 0 bridgehead atoms. The SMILES string of the molecule is O=C(Cn1nc(-c2ccncc2)ccc1=O)NCCc1ccccc1. The van der Waals surface area contributed by atoms with Gasteiger partial charge >= 0.3 is 0 Å². The van der Waals surface area contributed by atoms with Crippen molar-refractivity contribution < 1.29 is 4.79 Å². The fraction of sp³-hybridized carbons (Fsp3) is 0.158. The summed E-state index contributed by atoms with van der Waals surface area (Å²) in [5.74, 6) is -0.239. The van der Waals surface area contributed by atoms with Crippen molar-refractivity contribution in [1.82, 2.24) is 20.1 Å². The predicted octanol–water partition coefficient (Wildman–Crippen LogP) is 1.66. The van der Waals surface area contributed by atoms with E-state index in [-0.39, 0.29) is 18.0 Å². The Morgan fingerprint density at radius 2 is 1.76 bits per heavy atom. The van der Waals surface area contributed by atoms with Crippen molar-refractivity contribution in [3.8, 4) is 11.3 Å². The Morgan fingerprint density at radius 3 is 2.52 bits per heavy atom. The van der Waals surface area contributed by atoms with Crippen LogP contribution in [0.4, 0.5) is 0 Å². The number of aromatic nitrogens is 3. The van der Waals surface area contributed by atoms with Crippen LogP contribution in [0.2, 0.25) is 0 Å². The van der Waals surface area contributed by atoms with Gasteiger partial charge in [0.25, 0.3) is 5.56 Å². The highest BCUT2D eigenvalue weighted by molar-refractivity contribution is 5.75. The topological polar surface area (TPSA) is 76.9 Å². The van der Waals surface area contributed by atoms with E-state index in [0.29, 0.717) is 12.2 Å². The molecule has 3 aromatic rings. The maximum Gasteiger partial charge on any atom is 0.267 e. The molecule has 0 atom stereocenters. The number of carbonyl (C=O) groups is 1. The quantitative estimate of drug-likeness (QED) is 0.744. The van der Waals surface area contributed by atoms with E-state index in [1.54, 1.807) is 30.6 Å². The number of benzene rings is 1. The molecule has 2 aromatic heterocycles. The first-order valence-corrected chi connectivity index (χ1v) is 8.01. The second-order valence-electron chi connectivity index (χ2n) is 5.54. The van der Waals surface area contributed by atoms with Crippen molar-refractivity contribution in [2.24, 2.45) is 0 Å². The van der Waals surface area contributed by atoms with E-state index in [1.165, 1.54) is 10.7 Å². The minimum Gasteiger partial charge on any atom is -0.354 e. The fourth-order valence-corrected chi connectivity index (χ4v) is 2.42. The molecule has 126 valence electrons. The summed E-state index contributed by atoms with van der Waals surface area (Å²) in [5.41, 5.74) is 2.31. The van der Waals surface area contributed by atoms with E-state index < -0.39 is 0 Å². The van der Waals surface area contributed by atoms with Crippen LogP contribution in [-0.4, -0.2) is 27.2 Å². The number of nitrogens with zero attached hydrogens (tertiary/aromatic N) is 3. The molecule has 2 heterocycles. The highest BCUT2D eigenvalue weighted by Gasteiger charge is 2.07. The molecule has 6 nitrogen and oxygen atoms in total. The van der Waals surface area contributed by atoms with Crippen LogP contribution in [0.1, 0.15) is 5.56 Å². The van der Waals surface area contributed by atoms with Gasteiger partial charge in [0.05, 0.1) is 5.69 Å². The Bertz CT molecular complexity index is 892. The second kappa shape index (κ2) is 8.01. The van der Waals surface area contributed by atoms with E-state index in [9.17, 15) is 9.59 Å². The lowest BCUT2D eigenvalue weighted by Gasteiger charge is -2.08. The van der Waals surface area contributed by atoms with Crippen LogP contribution >= 0.6 is 0 Å². The van der Waals surface area contributed by atoms with Crippen LogP contribution in [0.3, 0.4) is 0 Å². The normalized spacial score (nSPS) is 10.4. The van der Waals surface area contributed by atoms with Crippen LogP contribution in [0.25, 0.3) is 11.3 Å². The minimum absolute atomic E-state index is 0.105. The van der Waals surface area contributed by atoms with Gasteiger partial charge in [-0.3, -0.25) is 14.6 Å². The van der Waals surface area contributed by atoms with Crippen molar-refractivity contribution in [2.75, 3.05) is 6.54 Å². The van der Waals surface area contributed by atoms with Gasteiger partial charge in [-0.05, 0) is 30.2 Å². The molecule has 0 aliphatic heterocycles. The van der Waals surface area contributed by atoms with E-state index in [2.05, 4.69) is 15.4 Å². The van der Waals surface area contributed by atoms with Crippen molar-refractivity contribution in [3.63, 3.8) is 0 Å². The molecule has 0 aliphatic carbocycles. The third kappa shape index (κ3) is 4.60. The number of nitrogens with one attached hydrogen (secondary N) is 1. The molecule has 1 N–H and O–H groups in total. The number of hydrogen-bond donors (Lipinski definition) is 1. The Kier molecular flexibility index (Phi) is 5.31. The Morgan fingerprint density at radius 1 is 1.00 bits per heavy atom. The van der Waals surface area contributed by atoms with E-state index in [1.807, 2.05) is 30.3 Å². The molecule has 0 spiro atoms. The molecular formula is C19H18N4O2. The third-order valence-corrected chi connectivity index (χ3v) is 3.71. The summed E-state index contributed by atoms with van der Waals surface area (Å²) in [6.45, 7) is 0.411. The van der Waals surface area contributed by atoms with Gasteiger partial charge < -0.3 is 5.32 Å². The summed E-state index contributed by atoms with van der Waals surface area (Å²) < 4.78 is 1.17. The number of pyridine rings is 1. The fourth-order valence-electron chi connectivity index (χ4n) is 2.42. The standard InChI is InChI=1S/C19H18N4O2/c24-18(21-13-8-15-4-2-1-3-5-15)14-23-19(25)7-6-17(22-23)16-9-11-20-12-10-16/h1-7,9-12H,8,13-14H2,(H,21,24). The van der Waals surface area contributed by atoms with Gasteiger partial charge in [-0.2, -0.15) is 5.10 Å². The second-order valence-corrected chi connectivity index (χ2v) is 5.54. The monoisotopic (exact) mass is 334 g/mol. The molecule has 0 saturated carbocycles. The van der Waals surface area contributed by atoms with Crippen molar-refractivity contribution >= 4 is 5.91 Å². The van der Waals surface area contributed by atoms with Crippen LogP contribution in [0, 0.1) is 0 Å². The molecule has 0 aliphatic rings. The lowest BCUT2D eigenvalue weighted by molar-refractivity contribution is -0.121. The Balaban J connectivity index is 1.62. The van der Waals surface area contributed by atoms with E-state index >= 15 is 0 Å². The summed E-state index contributed by atoms with van der Waals surface area (Å²) in [4.78, 5) is 28.0. The van der Waals surface area contributed by atoms with Crippen LogP contribution < -0.4 is 10.9 Å². The first kappa shape index (κ1) is 16.6. The minimum atomic E-state index is -0.309. The zero-order chi connectivity index (χ0) is 17.5. The third-order valence-electron chi connectivity index (χ3n) is 3.71. The molecule has 0 radical (unpaired) electrons. The first-order chi connectivity index (χ1) is 12.2. The van der Waals surface area contributed by atoms with Crippen LogP contribution in [0.5, 0.6) is 0 Å². The number of hydrogen-bond acceptors (Lipinski definition) is 4. The lowest BCUT2D eigenvalue weighted by atomic mass is 10.1. The maximum absolute atomic E-state index is 12.1. The highest BCUT2D eigenvalue weighted by Crippen LogP contribution is 2.12. The van der Waals surface area contributed by atoms with Gasteiger partial charge in [0.1, 0.15) is 6.54 Å². The number of amides is 1. The van der Waals surface area contributed by atoms with Crippen molar-refractivity contribution in [1.29, 1.82) is 0 Å². The summed E-state index contributed by atoms with van der Waals surface area (Å²) in [7, 11) is 0. The summed E-state index contributed by atoms with van der Waals surface area (Å²) >= 11 is 0. The maximum atomic E-state index is 12.1. The lowest BCUT2D eigenvalue weighted by Crippen LogP contribution is -2.34. The Hall–Kier alpha value is -3.28. The van der Waals surface area contributed by atoms with Crippen LogP contribution in [0.15, 0.2) is 71.8 Å². The summed E-state index contributed by atoms with van der Waals surface area (Å²) in [6, 6.07) is 16.6. The first-order valence-electron chi connectivity index (χ1n) is 8.01. The van der Waals surface area contributed by atoms with Crippen LogP contribution in [-0.2, 0) is 17.8 Å². The summed E-state index contributed by atoms with van der Waals surface area (Å²) in [5, 5.41) is 7.08. The molecule has 0 unspecified atom stereocenters. The smallest absolute Gasteiger partial charge is 0.267 e. The van der Waals surface area contributed by atoms with E-state index in [0.717, 1.165) is 17.5 Å². The molecule has 6 heteroatoms. The van der Waals surface area contributed by atoms with Gasteiger partial charge in [0.2, 0.25) is 5.91 Å². The molecule has 0 fully saturated rings. The molecule has 0 saturated heterocycles.